The molecule has 0 radical (unpaired) electrons. The normalized spacial score (nSPS) is 14.5. The second-order valence-electron chi connectivity index (χ2n) is 8.15. The predicted molar refractivity (Wildman–Crippen MR) is 136 cm³/mol. The van der Waals surface area contributed by atoms with Crippen LogP contribution in [0, 0.1) is 11.3 Å². The standard InChI is InChI=1S/C28H25BrN2O4/c1-2-3-4-14-33-21-10-8-18(9-11-21)28(32)34-22-12-13-23-25(16-22)35-27(31)24(17-30)26(23)19-6-5-7-20(29)15-19/h5-13,15-16,26H,2-4,14,31H2,1H3. The number of carbonyl (C=O) groups is 1. The van der Waals surface area contributed by atoms with Gasteiger partial charge in [-0.25, -0.2) is 4.79 Å². The van der Waals surface area contributed by atoms with Gasteiger partial charge in [-0.15, -0.1) is 0 Å². The van der Waals surface area contributed by atoms with Crippen LogP contribution < -0.4 is 19.9 Å². The second-order valence-corrected chi connectivity index (χ2v) is 9.06. The molecule has 1 aliphatic rings. The number of nitrogens with zero attached hydrogens (tertiary/aromatic N) is 1. The molecular formula is C28H25BrN2O4. The van der Waals surface area contributed by atoms with Crippen LogP contribution in [0.5, 0.6) is 17.2 Å². The number of unbranched alkanes of at least 4 members (excludes halogenated alkanes) is 2. The summed E-state index contributed by atoms with van der Waals surface area (Å²) >= 11 is 3.48. The van der Waals surface area contributed by atoms with E-state index in [0.717, 1.165) is 34.9 Å². The molecule has 0 amide bonds. The van der Waals surface area contributed by atoms with Gasteiger partial charge in [-0.1, -0.05) is 53.9 Å². The molecule has 3 aromatic rings. The van der Waals surface area contributed by atoms with Gasteiger partial charge in [0, 0.05) is 16.1 Å². The zero-order valence-corrected chi connectivity index (χ0v) is 20.9. The average Bonchev–Trinajstić information content (AvgIpc) is 2.86. The SMILES string of the molecule is CCCCCOc1ccc(C(=O)Oc2ccc3c(c2)OC(N)=C(C#N)C3c2cccc(Br)c2)cc1. The summed E-state index contributed by atoms with van der Waals surface area (Å²) in [5, 5.41) is 9.72. The number of carbonyl (C=O) groups excluding carboxylic acids is 1. The van der Waals surface area contributed by atoms with Crippen LogP contribution in [0.15, 0.2) is 82.7 Å². The van der Waals surface area contributed by atoms with Crippen molar-refractivity contribution < 1.29 is 19.0 Å². The fraction of sp³-hybridized carbons (Fsp3) is 0.214. The topological polar surface area (TPSA) is 94.6 Å². The molecule has 1 unspecified atom stereocenters. The molecule has 4 rings (SSSR count). The first-order valence-electron chi connectivity index (χ1n) is 11.4. The summed E-state index contributed by atoms with van der Waals surface area (Å²) in [4.78, 5) is 12.7. The molecule has 1 aliphatic heterocycles. The van der Waals surface area contributed by atoms with Gasteiger partial charge in [0.2, 0.25) is 5.88 Å². The third kappa shape index (κ3) is 5.67. The van der Waals surface area contributed by atoms with Crippen molar-refractivity contribution in [3.8, 4) is 23.3 Å². The summed E-state index contributed by atoms with van der Waals surface area (Å²) in [5.41, 5.74) is 8.47. The molecule has 7 heteroatoms. The number of benzene rings is 3. The molecule has 0 spiro atoms. The Balaban J connectivity index is 1.52. The molecule has 2 N–H and O–H groups in total. The van der Waals surface area contributed by atoms with Crippen molar-refractivity contribution in [2.24, 2.45) is 5.73 Å². The van der Waals surface area contributed by atoms with Gasteiger partial charge >= 0.3 is 5.97 Å². The van der Waals surface area contributed by atoms with Crippen molar-refractivity contribution in [2.45, 2.75) is 32.1 Å². The van der Waals surface area contributed by atoms with Gasteiger partial charge in [-0.05, 0) is 54.4 Å². The molecule has 0 saturated heterocycles. The van der Waals surface area contributed by atoms with E-state index >= 15 is 0 Å². The van der Waals surface area contributed by atoms with Crippen LogP contribution in [-0.4, -0.2) is 12.6 Å². The van der Waals surface area contributed by atoms with E-state index in [1.54, 1.807) is 42.5 Å². The Labute approximate surface area is 213 Å². The Morgan fingerprint density at radius 1 is 1.09 bits per heavy atom. The monoisotopic (exact) mass is 532 g/mol. The van der Waals surface area contributed by atoms with Crippen molar-refractivity contribution in [2.75, 3.05) is 6.61 Å². The number of ether oxygens (including phenoxy) is 3. The number of fused-ring (bicyclic) bond motifs is 1. The van der Waals surface area contributed by atoms with Crippen LogP contribution in [0.1, 0.15) is 53.6 Å². The maximum absolute atomic E-state index is 12.7. The lowest BCUT2D eigenvalue weighted by molar-refractivity contribution is 0.0734. The van der Waals surface area contributed by atoms with E-state index in [1.807, 2.05) is 24.3 Å². The lowest BCUT2D eigenvalue weighted by Gasteiger charge is -2.26. The van der Waals surface area contributed by atoms with E-state index < -0.39 is 11.9 Å². The van der Waals surface area contributed by atoms with E-state index in [-0.39, 0.29) is 5.88 Å². The minimum absolute atomic E-state index is 0.0305. The van der Waals surface area contributed by atoms with Gasteiger partial charge in [0.1, 0.15) is 28.9 Å². The van der Waals surface area contributed by atoms with Gasteiger partial charge in [0.25, 0.3) is 0 Å². The lowest BCUT2D eigenvalue weighted by Crippen LogP contribution is -2.21. The molecule has 1 atom stereocenters. The second kappa shape index (κ2) is 11.1. The van der Waals surface area contributed by atoms with Gasteiger partial charge in [-0.3, -0.25) is 0 Å². The van der Waals surface area contributed by atoms with Crippen molar-refractivity contribution >= 4 is 21.9 Å². The zero-order valence-electron chi connectivity index (χ0n) is 19.3. The highest BCUT2D eigenvalue weighted by Gasteiger charge is 2.31. The number of allylic oxidation sites excluding steroid dienone is 1. The highest BCUT2D eigenvalue weighted by atomic mass is 79.9. The van der Waals surface area contributed by atoms with Crippen molar-refractivity contribution in [3.63, 3.8) is 0 Å². The van der Waals surface area contributed by atoms with Crippen molar-refractivity contribution in [1.29, 1.82) is 5.26 Å². The first-order chi connectivity index (χ1) is 17.0. The number of nitrogens with two attached hydrogens (primary N) is 1. The number of hydrogen-bond acceptors (Lipinski definition) is 6. The number of rotatable bonds is 8. The quantitative estimate of drug-likeness (QED) is 0.203. The van der Waals surface area contributed by atoms with Crippen molar-refractivity contribution in [3.05, 3.63) is 99.3 Å². The van der Waals surface area contributed by atoms with Gasteiger partial charge in [0.05, 0.1) is 18.1 Å². The number of hydrogen-bond donors (Lipinski definition) is 1. The zero-order chi connectivity index (χ0) is 24.8. The molecule has 0 fully saturated rings. The summed E-state index contributed by atoms with van der Waals surface area (Å²) in [6.07, 6.45) is 3.26. The molecule has 0 aliphatic carbocycles. The molecular weight excluding hydrogens is 508 g/mol. The van der Waals surface area contributed by atoms with Crippen LogP contribution in [0.4, 0.5) is 0 Å². The van der Waals surface area contributed by atoms with Crippen molar-refractivity contribution in [1.82, 2.24) is 0 Å². The van der Waals surface area contributed by atoms with Gasteiger partial charge in [0.15, 0.2) is 0 Å². The summed E-state index contributed by atoms with van der Waals surface area (Å²) in [7, 11) is 0. The van der Waals surface area contributed by atoms with Crippen LogP contribution >= 0.6 is 15.9 Å². The summed E-state index contributed by atoms with van der Waals surface area (Å²) in [6.45, 7) is 2.80. The Kier molecular flexibility index (Phi) is 7.74. The highest BCUT2D eigenvalue weighted by Crippen LogP contribution is 2.43. The van der Waals surface area contributed by atoms with Crippen LogP contribution in [0.3, 0.4) is 0 Å². The van der Waals surface area contributed by atoms with E-state index in [9.17, 15) is 10.1 Å². The van der Waals surface area contributed by atoms with Crippen LogP contribution in [0.2, 0.25) is 0 Å². The molecule has 0 aromatic heterocycles. The maximum Gasteiger partial charge on any atom is 0.343 e. The summed E-state index contributed by atoms with van der Waals surface area (Å²) in [6, 6.07) is 21.8. The number of esters is 1. The van der Waals surface area contributed by atoms with E-state index in [2.05, 4.69) is 28.9 Å². The summed E-state index contributed by atoms with van der Waals surface area (Å²) < 4.78 is 17.9. The minimum atomic E-state index is -0.497. The third-order valence-corrected chi connectivity index (χ3v) is 6.18. The van der Waals surface area contributed by atoms with Crippen LogP contribution in [0.25, 0.3) is 0 Å². The van der Waals surface area contributed by atoms with E-state index in [1.165, 1.54) is 0 Å². The molecule has 3 aromatic carbocycles. The molecule has 1 heterocycles. The molecule has 6 nitrogen and oxygen atoms in total. The lowest BCUT2D eigenvalue weighted by atomic mass is 9.83. The maximum atomic E-state index is 12.7. The Morgan fingerprint density at radius 3 is 2.57 bits per heavy atom. The predicted octanol–water partition coefficient (Wildman–Crippen LogP) is 6.46. The fourth-order valence-electron chi connectivity index (χ4n) is 3.92. The highest BCUT2D eigenvalue weighted by molar-refractivity contribution is 9.10. The molecule has 178 valence electrons. The largest absolute Gasteiger partial charge is 0.494 e. The number of nitriles is 1. The average molecular weight is 533 g/mol. The molecule has 0 saturated carbocycles. The summed E-state index contributed by atoms with van der Waals surface area (Å²) in [5.74, 6) is 0.610. The van der Waals surface area contributed by atoms with Crippen LogP contribution in [-0.2, 0) is 0 Å². The molecule has 0 bridgehead atoms. The molecule has 35 heavy (non-hydrogen) atoms. The fourth-order valence-corrected chi connectivity index (χ4v) is 4.34. The van der Waals surface area contributed by atoms with E-state index in [4.69, 9.17) is 19.9 Å². The Morgan fingerprint density at radius 2 is 1.86 bits per heavy atom. The number of halogens is 1. The Bertz CT molecular complexity index is 1300. The first kappa shape index (κ1) is 24.4. The van der Waals surface area contributed by atoms with E-state index in [0.29, 0.717) is 35.0 Å². The first-order valence-corrected chi connectivity index (χ1v) is 12.2. The third-order valence-electron chi connectivity index (χ3n) is 5.69. The van der Waals surface area contributed by atoms with Gasteiger partial charge in [-0.2, -0.15) is 5.26 Å². The smallest absolute Gasteiger partial charge is 0.343 e. The minimum Gasteiger partial charge on any atom is -0.494 e. The van der Waals surface area contributed by atoms with Gasteiger partial charge < -0.3 is 19.9 Å². The Hall–Kier alpha value is -3.76.